The molecule has 2 N–H and O–H groups in total. The van der Waals surface area contributed by atoms with Crippen LogP contribution in [0.1, 0.15) is 30.9 Å². The third kappa shape index (κ3) is 3.85. The molecule has 1 aromatic carbocycles. The van der Waals surface area contributed by atoms with Gasteiger partial charge in [0.05, 0.1) is 6.10 Å². The first-order chi connectivity index (χ1) is 10.5. The minimum Gasteiger partial charge on any atom is -0.380 e. The Hall–Kier alpha value is -1.88. The maximum Gasteiger partial charge on any atom is 0.240 e. The highest BCUT2D eigenvalue weighted by Crippen LogP contribution is 2.21. The number of carbonyl (C=O) groups excluding carboxylic acids is 2. The fourth-order valence-electron chi connectivity index (χ4n) is 2.85. The average Bonchev–Trinajstić information content (AvgIpc) is 2.98. The van der Waals surface area contributed by atoms with E-state index in [-0.39, 0.29) is 12.0 Å². The van der Waals surface area contributed by atoms with Crippen LogP contribution in [0.3, 0.4) is 0 Å². The molecule has 22 heavy (non-hydrogen) atoms. The number of hydrogen-bond donors (Lipinski definition) is 1. The van der Waals surface area contributed by atoms with Gasteiger partial charge in [-0.15, -0.1) is 0 Å². The number of nitrogens with zero attached hydrogens (tertiary/aromatic N) is 1. The van der Waals surface area contributed by atoms with E-state index in [1.54, 1.807) is 12.0 Å². The smallest absolute Gasteiger partial charge is 0.240 e. The summed E-state index contributed by atoms with van der Waals surface area (Å²) in [5.41, 5.74) is 7.81. The fraction of sp³-hybridized carbons (Fsp3) is 0.529. The monoisotopic (exact) mass is 304 g/mol. The van der Waals surface area contributed by atoms with Crippen molar-refractivity contribution in [3.05, 3.63) is 35.4 Å². The highest BCUT2D eigenvalue weighted by molar-refractivity contribution is 5.87. The zero-order valence-corrected chi connectivity index (χ0v) is 13.2. The second kappa shape index (κ2) is 7.40. The van der Waals surface area contributed by atoms with Crippen molar-refractivity contribution in [2.45, 2.75) is 44.8 Å². The topological polar surface area (TPSA) is 72.6 Å². The second-order valence-corrected chi connectivity index (χ2v) is 5.73. The van der Waals surface area contributed by atoms with Gasteiger partial charge in [-0.1, -0.05) is 31.2 Å². The predicted molar refractivity (Wildman–Crippen MR) is 84.3 cm³/mol. The fourth-order valence-corrected chi connectivity index (χ4v) is 2.85. The number of hydrogen-bond acceptors (Lipinski definition) is 3. The van der Waals surface area contributed by atoms with Crippen LogP contribution in [0.15, 0.2) is 24.3 Å². The van der Waals surface area contributed by atoms with Crippen molar-refractivity contribution in [1.29, 1.82) is 0 Å². The minimum atomic E-state index is -0.542. The summed E-state index contributed by atoms with van der Waals surface area (Å²) in [5.74, 6) is -0.497. The highest BCUT2D eigenvalue weighted by Gasteiger charge is 2.38. The lowest BCUT2D eigenvalue weighted by molar-refractivity contribution is -0.137. The quantitative estimate of drug-likeness (QED) is 0.860. The van der Waals surface area contributed by atoms with Gasteiger partial charge in [0.1, 0.15) is 6.04 Å². The van der Waals surface area contributed by atoms with Gasteiger partial charge in [-0.05, 0) is 24.0 Å². The summed E-state index contributed by atoms with van der Waals surface area (Å²) in [7, 11) is 1.59. The molecule has 0 spiro atoms. The maximum absolute atomic E-state index is 12.4. The maximum atomic E-state index is 12.4. The van der Waals surface area contributed by atoms with E-state index in [9.17, 15) is 9.59 Å². The average molecular weight is 304 g/mol. The molecule has 1 aliphatic heterocycles. The second-order valence-electron chi connectivity index (χ2n) is 5.73. The van der Waals surface area contributed by atoms with Crippen molar-refractivity contribution in [3.8, 4) is 0 Å². The van der Waals surface area contributed by atoms with E-state index in [0.29, 0.717) is 25.8 Å². The number of ether oxygens (including phenoxy) is 1. The number of benzene rings is 1. The minimum absolute atomic E-state index is 0.0390. The molecule has 0 unspecified atom stereocenters. The summed E-state index contributed by atoms with van der Waals surface area (Å²) >= 11 is 0. The van der Waals surface area contributed by atoms with Crippen LogP contribution >= 0.6 is 0 Å². The van der Waals surface area contributed by atoms with E-state index in [0.717, 1.165) is 12.0 Å². The Morgan fingerprint density at radius 1 is 1.27 bits per heavy atom. The summed E-state index contributed by atoms with van der Waals surface area (Å²) in [6, 6.07) is 7.74. The number of methoxy groups -OCH3 is 1. The van der Waals surface area contributed by atoms with Gasteiger partial charge in [-0.25, -0.2) is 0 Å². The summed E-state index contributed by atoms with van der Waals surface area (Å²) < 4.78 is 5.26. The molecule has 2 atom stereocenters. The van der Waals surface area contributed by atoms with Crippen molar-refractivity contribution in [2.75, 3.05) is 13.7 Å². The zero-order chi connectivity index (χ0) is 16.1. The van der Waals surface area contributed by atoms with Crippen LogP contribution < -0.4 is 5.73 Å². The molecule has 1 aromatic rings. The molecule has 0 radical (unpaired) electrons. The van der Waals surface area contributed by atoms with Crippen LogP contribution in [-0.4, -0.2) is 42.5 Å². The van der Waals surface area contributed by atoms with Crippen molar-refractivity contribution in [2.24, 2.45) is 5.73 Å². The van der Waals surface area contributed by atoms with Crippen LogP contribution in [-0.2, 0) is 27.2 Å². The molecule has 1 saturated heterocycles. The molecular formula is C17H24N2O3. The van der Waals surface area contributed by atoms with Crippen molar-refractivity contribution in [3.63, 3.8) is 0 Å². The number of amides is 2. The first-order valence-corrected chi connectivity index (χ1v) is 7.74. The number of nitrogens with two attached hydrogens (primary N) is 1. The van der Waals surface area contributed by atoms with Gasteiger partial charge in [0, 0.05) is 26.5 Å². The van der Waals surface area contributed by atoms with E-state index in [4.69, 9.17) is 10.5 Å². The van der Waals surface area contributed by atoms with Crippen LogP contribution in [0.25, 0.3) is 0 Å². The summed E-state index contributed by atoms with van der Waals surface area (Å²) in [6.07, 6.45) is 2.44. The van der Waals surface area contributed by atoms with Gasteiger partial charge in [0.15, 0.2) is 0 Å². The molecule has 1 fully saturated rings. The Bertz CT molecular complexity index is 527. The van der Waals surface area contributed by atoms with E-state index in [1.165, 1.54) is 5.56 Å². The van der Waals surface area contributed by atoms with Crippen LogP contribution in [0, 0.1) is 0 Å². The van der Waals surface area contributed by atoms with Crippen LogP contribution in [0.2, 0.25) is 0 Å². The van der Waals surface area contributed by atoms with E-state index < -0.39 is 11.9 Å². The third-order valence-electron chi connectivity index (χ3n) is 4.30. The van der Waals surface area contributed by atoms with Gasteiger partial charge >= 0.3 is 0 Å². The van der Waals surface area contributed by atoms with Gasteiger partial charge in [0.2, 0.25) is 11.8 Å². The molecule has 0 bridgehead atoms. The lowest BCUT2D eigenvalue weighted by Gasteiger charge is -2.22. The van der Waals surface area contributed by atoms with Crippen LogP contribution in [0.4, 0.5) is 0 Å². The number of carbonyl (C=O) groups is 2. The molecular weight excluding hydrogens is 280 g/mol. The number of primary amides is 1. The molecule has 0 aliphatic carbocycles. The standard InChI is InChI=1S/C17H24N2O3/c1-3-12-4-6-13(7-5-12)8-9-16(20)19-11-14(22-2)10-15(19)17(18)21/h4-7,14-15H,3,8-11H2,1-2H3,(H2,18,21)/t14-,15-/m0/s1. The van der Waals surface area contributed by atoms with Crippen molar-refractivity contribution >= 4 is 11.8 Å². The van der Waals surface area contributed by atoms with E-state index in [1.807, 2.05) is 0 Å². The molecule has 0 saturated carbocycles. The Kier molecular flexibility index (Phi) is 5.55. The van der Waals surface area contributed by atoms with E-state index in [2.05, 4.69) is 31.2 Å². The molecule has 5 nitrogen and oxygen atoms in total. The Morgan fingerprint density at radius 2 is 1.91 bits per heavy atom. The Labute approximate surface area is 131 Å². The Balaban J connectivity index is 1.94. The van der Waals surface area contributed by atoms with Gasteiger partial charge < -0.3 is 15.4 Å². The first kappa shape index (κ1) is 16.5. The lowest BCUT2D eigenvalue weighted by atomic mass is 10.1. The van der Waals surface area contributed by atoms with Crippen LogP contribution in [0.5, 0.6) is 0 Å². The van der Waals surface area contributed by atoms with Gasteiger partial charge in [-0.2, -0.15) is 0 Å². The van der Waals surface area contributed by atoms with Crippen molar-refractivity contribution in [1.82, 2.24) is 4.90 Å². The molecule has 5 heteroatoms. The summed E-state index contributed by atoms with van der Waals surface area (Å²) in [6.45, 7) is 2.56. The van der Waals surface area contributed by atoms with Gasteiger partial charge in [0.25, 0.3) is 0 Å². The lowest BCUT2D eigenvalue weighted by Crippen LogP contribution is -2.43. The SMILES string of the molecule is CCc1ccc(CCC(=O)N2C[C@@H](OC)C[C@H]2C(N)=O)cc1. The number of rotatable bonds is 6. The number of likely N-dealkylation sites (tertiary alicyclic amines) is 1. The predicted octanol–water partition coefficient (Wildman–Crippen LogP) is 1.28. The summed E-state index contributed by atoms with van der Waals surface area (Å²) in [5, 5.41) is 0. The molecule has 1 aliphatic rings. The first-order valence-electron chi connectivity index (χ1n) is 7.74. The molecule has 2 amide bonds. The largest absolute Gasteiger partial charge is 0.380 e. The third-order valence-corrected chi connectivity index (χ3v) is 4.30. The zero-order valence-electron chi connectivity index (χ0n) is 13.2. The highest BCUT2D eigenvalue weighted by atomic mass is 16.5. The Morgan fingerprint density at radius 3 is 2.45 bits per heavy atom. The normalized spacial score (nSPS) is 21.1. The molecule has 120 valence electrons. The molecule has 1 heterocycles. The molecule has 2 rings (SSSR count). The van der Waals surface area contributed by atoms with Crippen molar-refractivity contribution < 1.29 is 14.3 Å². The van der Waals surface area contributed by atoms with Gasteiger partial charge in [-0.3, -0.25) is 9.59 Å². The number of aryl methyl sites for hydroxylation is 2. The van der Waals surface area contributed by atoms with E-state index >= 15 is 0 Å². The molecule has 0 aromatic heterocycles. The summed E-state index contributed by atoms with van der Waals surface area (Å²) in [4.78, 5) is 25.4.